The number of nitrogens with one attached hydrogen (secondary N) is 1. The zero-order chi connectivity index (χ0) is 12.5. The maximum absolute atomic E-state index is 13.1. The number of hydrogen-bond acceptors (Lipinski definition) is 3. The second-order valence-electron chi connectivity index (χ2n) is 3.61. The van der Waals surface area contributed by atoms with Crippen LogP contribution in [0.1, 0.15) is 12.0 Å². The van der Waals surface area contributed by atoms with Crippen LogP contribution >= 0.6 is 23.4 Å². The number of thioether (sulfide) groups is 1. The van der Waals surface area contributed by atoms with E-state index in [1.807, 2.05) is 6.07 Å². The van der Waals surface area contributed by atoms with Crippen LogP contribution in [0.4, 0.5) is 4.39 Å². The monoisotopic (exact) mass is 277 g/mol. The van der Waals surface area contributed by atoms with E-state index in [2.05, 4.69) is 5.32 Å². The van der Waals surface area contributed by atoms with E-state index in [-0.39, 0.29) is 17.4 Å². The van der Waals surface area contributed by atoms with Gasteiger partial charge in [-0.2, -0.15) is 11.8 Å². The average Bonchev–Trinajstić information content (AvgIpc) is 2.32. The quantitative estimate of drug-likeness (QED) is 0.717. The van der Waals surface area contributed by atoms with Crippen molar-refractivity contribution < 1.29 is 9.50 Å². The molecule has 0 aliphatic carbocycles. The molecule has 0 amide bonds. The van der Waals surface area contributed by atoms with Crippen molar-refractivity contribution >= 4 is 23.4 Å². The third-order valence-electron chi connectivity index (χ3n) is 2.18. The molecule has 0 unspecified atom stereocenters. The highest BCUT2D eigenvalue weighted by Gasteiger charge is 2.00. The first-order valence-electron chi connectivity index (χ1n) is 5.57. The van der Waals surface area contributed by atoms with Gasteiger partial charge < -0.3 is 10.4 Å². The molecule has 2 N–H and O–H groups in total. The Morgan fingerprint density at radius 1 is 1.35 bits per heavy atom. The molecule has 1 aromatic rings. The van der Waals surface area contributed by atoms with Crippen molar-refractivity contribution in [2.24, 2.45) is 0 Å². The summed E-state index contributed by atoms with van der Waals surface area (Å²) in [6.45, 7) is 1.78. The molecule has 1 rings (SSSR count). The fraction of sp³-hybridized carbons (Fsp3) is 0.500. The molecule has 0 heterocycles. The number of aliphatic hydroxyl groups excluding tert-OH is 1. The number of aliphatic hydroxyl groups is 1. The van der Waals surface area contributed by atoms with Crippen LogP contribution in [-0.2, 0) is 6.54 Å². The van der Waals surface area contributed by atoms with Gasteiger partial charge in [0.1, 0.15) is 5.82 Å². The van der Waals surface area contributed by atoms with E-state index in [0.29, 0.717) is 6.54 Å². The highest BCUT2D eigenvalue weighted by atomic mass is 35.5. The fourth-order valence-electron chi connectivity index (χ4n) is 1.30. The summed E-state index contributed by atoms with van der Waals surface area (Å²) < 4.78 is 13.1. The predicted molar refractivity (Wildman–Crippen MR) is 72.1 cm³/mol. The summed E-state index contributed by atoms with van der Waals surface area (Å²) >= 11 is 7.39. The third kappa shape index (κ3) is 6.27. The van der Waals surface area contributed by atoms with Crippen molar-refractivity contribution in [1.29, 1.82) is 0 Å². The molecular weight excluding hydrogens is 261 g/mol. The van der Waals surface area contributed by atoms with Crippen LogP contribution in [0.25, 0.3) is 0 Å². The molecule has 17 heavy (non-hydrogen) atoms. The molecule has 2 nitrogen and oxygen atoms in total. The average molecular weight is 278 g/mol. The third-order valence-corrected chi connectivity index (χ3v) is 3.56. The number of benzene rings is 1. The van der Waals surface area contributed by atoms with Crippen LogP contribution in [0.5, 0.6) is 0 Å². The molecule has 96 valence electrons. The Hall–Kier alpha value is -0.290. The summed E-state index contributed by atoms with van der Waals surface area (Å²) in [7, 11) is 0. The fourth-order valence-corrected chi connectivity index (χ4v) is 2.24. The Morgan fingerprint density at radius 3 is 2.88 bits per heavy atom. The number of hydrogen-bond donors (Lipinski definition) is 2. The Morgan fingerprint density at radius 2 is 2.18 bits per heavy atom. The van der Waals surface area contributed by atoms with E-state index in [1.165, 1.54) is 6.07 Å². The Bertz CT molecular complexity index is 338. The molecule has 0 aromatic heterocycles. The molecule has 0 saturated heterocycles. The van der Waals surface area contributed by atoms with Gasteiger partial charge in [0.2, 0.25) is 0 Å². The van der Waals surface area contributed by atoms with Gasteiger partial charge in [0.25, 0.3) is 0 Å². The van der Waals surface area contributed by atoms with Crippen molar-refractivity contribution in [1.82, 2.24) is 5.32 Å². The highest BCUT2D eigenvalue weighted by Crippen LogP contribution is 2.15. The summed E-state index contributed by atoms with van der Waals surface area (Å²) in [4.78, 5) is 0. The van der Waals surface area contributed by atoms with Crippen molar-refractivity contribution in [2.45, 2.75) is 13.0 Å². The van der Waals surface area contributed by atoms with E-state index in [4.69, 9.17) is 16.7 Å². The van der Waals surface area contributed by atoms with Gasteiger partial charge in [0.05, 0.1) is 5.02 Å². The smallest absolute Gasteiger partial charge is 0.142 e. The summed E-state index contributed by atoms with van der Waals surface area (Å²) in [5.41, 5.74) is 0.896. The van der Waals surface area contributed by atoms with Crippen LogP contribution in [0.15, 0.2) is 18.2 Å². The van der Waals surface area contributed by atoms with E-state index >= 15 is 0 Å². The van der Waals surface area contributed by atoms with Crippen molar-refractivity contribution in [2.75, 3.05) is 24.7 Å². The highest BCUT2D eigenvalue weighted by molar-refractivity contribution is 7.99. The summed E-state index contributed by atoms with van der Waals surface area (Å²) in [6.07, 6.45) is 0.840. The van der Waals surface area contributed by atoms with Gasteiger partial charge in [-0.05, 0) is 29.9 Å². The van der Waals surface area contributed by atoms with Crippen LogP contribution in [0.2, 0.25) is 5.02 Å². The van der Waals surface area contributed by atoms with Gasteiger partial charge in [0.15, 0.2) is 0 Å². The summed E-state index contributed by atoms with van der Waals surface area (Å²) in [5.74, 6) is 1.60. The second kappa shape index (κ2) is 8.75. The first-order valence-corrected chi connectivity index (χ1v) is 7.10. The molecule has 0 saturated carbocycles. The molecule has 0 atom stereocenters. The topological polar surface area (TPSA) is 32.3 Å². The summed E-state index contributed by atoms with van der Waals surface area (Å²) in [6, 6.07) is 4.84. The van der Waals surface area contributed by atoms with Gasteiger partial charge in [-0.1, -0.05) is 17.7 Å². The standard InChI is InChI=1S/C12H17ClFNOS/c13-11-3-2-10(8-12(11)14)9-15-4-7-17-6-1-5-16/h2-3,8,15-16H,1,4-7,9H2. The predicted octanol–water partition coefficient (Wildman–Crippen LogP) is 2.68. The molecule has 0 aliphatic rings. The molecule has 1 aromatic carbocycles. The lowest BCUT2D eigenvalue weighted by Crippen LogP contribution is -2.16. The van der Waals surface area contributed by atoms with Gasteiger partial charge in [-0.3, -0.25) is 0 Å². The molecule has 0 aliphatic heterocycles. The second-order valence-corrected chi connectivity index (χ2v) is 5.25. The van der Waals surface area contributed by atoms with Crippen molar-refractivity contribution in [3.05, 3.63) is 34.6 Å². The zero-order valence-corrected chi connectivity index (χ0v) is 11.2. The van der Waals surface area contributed by atoms with Crippen molar-refractivity contribution in [3.8, 4) is 0 Å². The van der Waals surface area contributed by atoms with Crippen LogP contribution in [0.3, 0.4) is 0 Å². The Labute approximate surface area is 111 Å². The van der Waals surface area contributed by atoms with E-state index in [0.717, 1.165) is 30.0 Å². The van der Waals surface area contributed by atoms with Crippen LogP contribution in [-0.4, -0.2) is 29.8 Å². The van der Waals surface area contributed by atoms with Gasteiger partial charge in [-0.25, -0.2) is 4.39 Å². The molecule has 0 radical (unpaired) electrons. The minimum absolute atomic E-state index is 0.160. The van der Waals surface area contributed by atoms with E-state index in [9.17, 15) is 4.39 Å². The lowest BCUT2D eigenvalue weighted by Gasteiger charge is -2.05. The van der Waals surface area contributed by atoms with E-state index in [1.54, 1.807) is 17.8 Å². The minimum Gasteiger partial charge on any atom is -0.396 e. The molecular formula is C12H17ClFNOS. The Kier molecular flexibility index (Phi) is 7.60. The van der Waals surface area contributed by atoms with Crippen LogP contribution in [0, 0.1) is 5.82 Å². The lowest BCUT2D eigenvalue weighted by molar-refractivity contribution is 0.296. The van der Waals surface area contributed by atoms with E-state index < -0.39 is 0 Å². The molecule has 5 heteroatoms. The van der Waals surface area contributed by atoms with Gasteiger partial charge in [0, 0.05) is 25.4 Å². The molecule has 0 fully saturated rings. The largest absolute Gasteiger partial charge is 0.396 e. The minimum atomic E-state index is -0.372. The molecule has 0 spiro atoms. The first kappa shape index (κ1) is 14.8. The zero-order valence-electron chi connectivity index (χ0n) is 9.59. The Balaban J connectivity index is 2.11. The normalized spacial score (nSPS) is 10.8. The number of halogens is 2. The maximum atomic E-state index is 13.1. The van der Waals surface area contributed by atoms with Crippen molar-refractivity contribution in [3.63, 3.8) is 0 Å². The van der Waals surface area contributed by atoms with Crippen LogP contribution < -0.4 is 5.32 Å². The lowest BCUT2D eigenvalue weighted by atomic mass is 10.2. The molecule has 0 bridgehead atoms. The first-order chi connectivity index (χ1) is 8.24. The maximum Gasteiger partial charge on any atom is 0.142 e. The SMILES string of the molecule is OCCCSCCNCc1ccc(Cl)c(F)c1. The summed E-state index contributed by atoms with van der Waals surface area (Å²) in [5, 5.41) is 12.0. The number of rotatable bonds is 8. The van der Waals surface area contributed by atoms with Gasteiger partial charge >= 0.3 is 0 Å². The van der Waals surface area contributed by atoms with Gasteiger partial charge in [-0.15, -0.1) is 0 Å².